The van der Waals surface area contributed by atoms with Crippen LogP contribution in [0.5, 0.6) is 0 Å². The summed E-state index contributed by atoms with van der Waals surface area (Å²) < 4.78 is 15.1. The summed E-state index contributed by atoms with van der Waals surface area (Å²) in [6, 6.07) is 11.4. The maximum absolute atomic E-state index is 13.8. The number of amides is 1. The Morgan fingerprint density at radius 2 is 2.08 bits per heavy atom. The molecule has 5 nitrogen and oxygen atoms in total. The minimum absolute atomic E-state index is 0.199. The predicted molar refractivity (Wildman–Crippen MR) is 92.1 cm³/mol. The maximum Gasteiger partial charge on any atom is 0.276 e. The molecule has 0 aliphatic rings. The Bertz CT molecular complexity index is 848. The first-order valence-electron chi connectivity index (χ1n) is 7.38. The summed E-state index contributed by atoms with van der Waals surface area (Å²) in [5.74, 6) is 0.162. The molecule has 1 aromatic carbocycles. The highest BCUT2D eigenvalue weighted by atomic mass is 32.2. The molecule has 7 heteroatoms. The van der Waals surface area contributed by atoms with Gasteiger partial charge in [-0.3, -0.25) is 4.79 Å². The normalized spacial score (nSPS) is 10.6. The Kier molecular flexibility index (Phi) is 4.90. The second-order valence-corrected chi connectivity index (χ2v) is 6.15. The van der Waals surface area contributed by atoms with Crippen LogP contribution in [-0.2, 0) is 0 Å². The van der Waals surface area contributed by atoms with Crippen LogP contribution < -0.4 is 5.32 Å². The van der Waals surface area contributed by atoms with Crippen LogP contribution in [0.4, 0.5) is 10.1 Å². The fourth-order valence-corrected chi connectivity index (χ4v) is 2.69. The van der Waals surface area contributed by atoms with E-state index in [1.54, 1.807) is 48.4 Å². The van der Waals surface area contributed by atoms with Crippen molar-refractivity contribution in [1.82, 2.24) is 14.8 Å². The SMILES string of the molecule is CCSc1ccc(NC(=O)c2ccn(-c3ccccc3F)n2)cn1. The third-order valence-electron chi connectivity index (χ3n) is 3.21. The summed E-state index contributed by atoms with van der Waals surface area (Å²) in [5, 5.41) is 7.75. The molecule has 0 saturated heterocycles. The third-order valence-corrected chi connectivity index (χ3v) is 4.03. The molecule has 0 atom stereocenters. The molecular weight excluding hydrogens is 327 g/mol. The first-order valence-corrected chi connectivity index (χ1v) is 8.36. The van der Waals surface area contributed by atoms with Crippen molar-refractivity contribution in [3.63, 3.8) is 0 Å². The third kappa shape index (κ3) is 3.62. The van der Waals surface area contributed by atoms with E-state index < -0.39 is 5.82 Å². The molecule has 3 rings (SSSR count). The minimum atomic E-state index is -0.402. The van der Waals surface area contributed by atoms with Gasteiger partial charge in [-0.15, -0.1) is 11.8 Å². The first kappa shape index (κ1) is 16.2. The molecule has 0 saturated carbocycles. The summed E-state index contributed by atoms with van der Waals surface area (Å²) >= 11 is 1.63. The summed E-state index contributed by atoms with van der Waals surface area (Å²) in [7, 11) is 0. The number of nitrogens with zero attached hydrogens (tertiary/aromatic N) is 3. The van der Waals surface area contributed by atoms with Gasteiger partial charge in [0.2, 0.25) is 0 Å². The Hall–Kier alpha value is -2.67. The van der Waals surface area contributed by atoms with Gasteiger partial charge in [-0.2, -0.15) is 5.10 Å². The van der Waals surface area contributed by atoms with Crippen LogP contribution >= 0.6 is 11.8 Å². The van der Waals surface area contributed by atoms with E-state index in [0.29, 0.717) is 11.4 Å². The molecule has 0 aliphatic heterocycles. The molecule has 24 heavy (non-hydrogen) atoms. The van der Waals surface area contributed by atoms with E-state index in [-0.39, 0.29) is 11.6 Å². The molecule has 1 amide bonds. The number of para-hydroxylation sites is 1. The van der Waals surface area contributed by atoms with Crippen molar-refractivity contribution in [3.05, 3.63) is 66.4 Å². The van der Waals surface area contributed by atoms with Crippen molar-refractivity contribution in [3.8, 4) is 5.69 Å². The maximum atomic E-state index is 13.8. The van der Waals surface area contributed by atoms with E-state index >= 15 is 0 Å². The number of pyridine rings is 1. The average molecular weight is 342 g/mol. The lowest BCUT2D eigenvalue weighted by Gasteiger charge is -2.04. The molecule has 2 heterocycles. The monoisotopic (exact) mass is 342 g/mol. The highest BCUT2D eigenvalue weighted by molar-refractivity contribution is 7.99. The first-order chi connectivity index (χ1) is 11.7. The topological polar surface area (TPSA) is 59.8 Å². The van der Waals surface area contributed by atoms with Gasteiger partial charge in [0.05, 0.1) is 16.9 Å². The van der Waals surface area contributed by atoms with Crippen LogP contribution in [0.1, 0.15) is 17.4 Å². The van der Waals surface area contributed by atoms with E-state index in [2.05, 4.69) is 15.4 Å². The van der Waals surface area contributed by atoms with Gasteiger partial charge >= 0.3 is 0 Å². The number of halogens is 1. The van der Waals surface area contributed by atoms with E-state index in [4.69, 9.17) is 0 Å². The van der Waals surface area contributed by atoms with Crippen molar-refractivity contribution in [1.29, 1.82) is 0 Å². The molecule has 0 unspecified atom stereocenters. The highest BCUT2D eigenvalue weighted by Crippen LogP contribution is 2.17. The van der Waals surface area contributed by atoms with Crippen LogP contribution in [0.15, 0.2) is 59.9 Å². The van der Waals surface area contributed by atoms with Crippen LogP contribution in [-0.4, -0.2) is 26.4 Å². The Morgan fingerprint density at radius 1 is 1.25 bits per heavy atom. The lowest BCUT2D eigenvalue weighted by molar-refractivity contribution is 0.102. The van der Waals surface area contributed by atoms with Crippen LogP contribution in [0.2, 0.25) is 0 Å². The van der Waals surface area contributed by atoms with Crippen LogP contribution in [0.3, 0.4) is 0 Å². The number of rotatable bonds is 5. The van der Waals surface area contributed by atoms with Crippen molar-refractivity contribution in [2.45, 2.75) is 11.9 Å². The van der Waals surface area contributed by atoms with Gasteiger partial charge in [0.15, 0.2) is 5.69 Å². The van der Waals surface area contributed by atoms with Crippen molar-refractivity contribution in [2.75, 3.05) is 11.1 Å². The molecular formula is C17H15FN4OS. The lowest BCUT2D eigenvalue weighted by Crippen LogP contribution is -2.13. The summed E-state index contributed by atoms with van der Waals surface area (Å²) in [6.07, 6.45) is 3.15. The van der Waals surface area contributed by atoms with Gasteiger partial charge in [-0.1, -0.05) is 19.1 Å². The Labute approximate surface area is 142 Å². The highest BCUT2D eigenvalue weighted by Gasteiger charge is 2.12. The molecule has 122 valence electrons. The largest absolute Gasteiger partial charge is 0.319 e. The van der Waals surface area contributed by atoms with Gasteiger partial charge in [0.1, 0.15) is 11.5 Å². The average Bonchev–Trinajstić information content (AvgIpc) is 3.07. The van der Waals surface area contributed by atoms with E-state index in [9.17, 15) is 9.18 Å². The standard InChI is InChI=1S/C17H15FN4OS/c1-2-24-16-8-7-12(11-19-16)20-17(23)14-9-10-22(21-14)15-6-4-3-5-13(15)18/h3-11H,2H2,1H3,(H,20,23). The molecule has 0 spiro atoms. The smallest absolute Gasteiger partial charge is 0.276 e. The zero-order valence-electron chi connectivity index (χ0n) is 12.9. The van der Waals surface area contributed by atoms with Gasteiger partial charge in [-0.25, -0.2) is 14.1 Å². The fraction of sp³-hybridized carbons (Fsp3) is 0.118. The summed E-state index contributed by atoms with van der Waals surface area (Å²) in [4.78, 5) is 16.5. The summed E-state index contributed by atoms with van der Waals surface area (Å²) in [5.41, 5.74) is 1.07. The molecule has 2 aromatic heterocycles. The molecule has 0 radical (unpaired) electrons. The molecule has 1 N–H and O–H groups in total. The zero-order chi connectivity index (χ0) is 16.9. The van der Waals surface area contributed by atoms with Crippen molar-refractivity contribution < 1.29 is 9.18 Å². The second kappa shape index (κ2) is 7.27. The van der Waals surface area contributed by atoms with Crippen molar-refractivity contribution in [2.24, 2.45) is 0 Å². The Balaban J connectivity index is 1.73. The number of thioether (sulfide) groups is 1. The number of nitrogens with one attached hydrogen (secondary N) is 1. The number of hydrogen-bond donors (Lipinski definition) is 1. The van der Waals surface area contributed by atoms with Gasteiger partial charge in [-0.05, 0) is 36.1 Å². The number of carbonyl (C=O) groups is 1. The van der Waals surface area contributed by atoms with Crippen molar-refractivity contribution >= 4 is 23.4 Å². The molecule has 3 aromatic rings. The molecule has 0 bridgehead atoms. The zero-order valence-corrected chi connectivity index (χ0v) is 13.8. The van der Waals surface area contributed by atoms with E-state index in [0.717, 1.165) is 10.8 Å². The van der Waals surface area contributed by atoms with Crippen LogP contribution in [0.25, 0.3) is 5.69 Å². The lowest BCUT2D eigenvalue weighted by atomic mass is 10.3. The molecule has 0 aliphatic carbocycles. The number of anilines is 1. The number of carbonyl (C=O) groups excluding carboxylic acids is 1. The van der Waals surface area contributed by atoms with Crippen LogP contribution in [0, 0.1) is 5.82 Å². The molecule has 0 fully saturated rings. The minimum Gasteiger partial charge on any atom is -0.319 e. The summed E-state index contributed by atoms with van der Waals surface area (Å²) in [6.45, 7) is 2.05. The Morgan fingerprint density at radius 3 is 2.79 bits per heavy atom. The van der Waals surface area contributed by atoms with E-state index in [1.807, 2.05) is 13.0 Å². The van der Waals surface area contributed by atoms with Gasteiger partial charge in [0.25, 0.3) is 5.91 Å². The quantitative estimate of drug-likeness (QED) is 0.717. The fourth-order valence-electron chi connectivity index (χ4n) is 2.10. The van der Waals surface area contributed by atoms with E-state index in [1.165, 1.54) is 16.8 Å². The number of aromatic nitrogens is 3. The number of hydrogen-bond acceptors (Lipinski definition) is 4. The predicted octanol–water partition coefficient (Wildman–Crippen LogP) is 3.77. The second-order valence-electron chi connectivity index (χ2n) is 4.87. The number of benzene rings is 1. The van der Waals surface area contributed by atoms with Gasteiger partial charge < -0.3 is 5.32 Å². The van der Waals surface area contributed by atoms with Gasteiger partial charge in [0, 0.05) is 6.20 Å².